The highest BCUT2D eigenvalue weighted by atomic mass is 35.5. The van der Waals surface area contributed by atoms with Crippen molar-refractivity contribution in [2.75, 3.05) is 0 Å². The van der Waals surface area contributed by atoms with Crippen LogP contribution < -0.4 is 5.56 Å². The van der Waals surface area contributed by atoms with Gasteiger partial charge in [0.1, 0.15) is 17.3 Å². The maximum atomic E-state index is 12.5. The molecule has 1 heterocycles. The molecule has 0 spiro atoms. The second-order valence-electron chi connectivity index (χ2n) is 5.08. The van der Waals surface area contributed by atoms with Crippen molar-refractivity contribution in [3.05, 3.63) is 67.5 Å². The lowest BCUT2D eigenvalue weighted by Gasteiger charge is -2.11. The molecule has 1 N–H and O–H groups in total. The van der Waals surface area contributed by atoms with Crippen molar-refractivity contribution >= 4 is 28.7 Å². The molecule has 0 radical (unpaired) electrons. The smallest absolute Gasteiger partial charge is 0.281 e. The predicted molar refractivity (Wildman–Crippen MR) is 94.3 cm³/mol. The third-order valence-electron chi connectivity index (χ3n) is 3.48. The van der Waals surface area contributed by atoms with E-state index < -0.39 is 16.4 Å². The zero-order valence-corrected chi connectivity index (χ0v) is 14.3. The van der Waals surface area contributed by atoms with E-state index in [0.717, 1.165) is 10.6 Å². The van der Waals surface area contributed by atoms with Gasteiger partial charge in [0.25, 0.3) is 11.2 Å². The van der Waals surface area contributed by atoms with Gasteiger partial charge >= 0.3 is 0 Å². The highest BCUT2D eigenvalue weighted by molar-refractivity contribution is 6.33. The Balaban J connectivity index is 2.60. The van der Waals surface area contributed by atoms with Crippen molar-refractivity contribution in [2.45, 2.75) is 13.5 Å². The lowest BCUT2D eigenvalue weighted by molar-refractivity contribution is -0.384. The van der Waals surface area contributed by atoms with Crippen molar-refractivity contribution < 1.29 is 10.0 Å². The van der Waals surface area contributed by atoms with Crippen molar-refractivity contribution in [3.63, 3.8) is 0 Å². The highest BCUT2D eigenvalue weighted by Gasteiger charge is 2.18. The first-order valence-electron chi connectivity index (χ1n) is 7.14. The summed E-state index contributed by atoms with van der Waals surface area (Å²) in [6.07, 6.45) is 1.38. The number of aromatic hydroxyl groups is 1. The van der Waals surface area contributed by atoms with E-state index in [2.05, 4.69) is 16.8 Å². The number of rotatable bonds is 5. The molecule has 0 amide bonds. The van der Waals surface area contributed by atoms with Crippen LogP contribution in [-0.2, 0) is 6.54 Å². The summed E-state index contributed by atoms with van der Waals surface area (Å²) in [6.45, 7) is 4.91. The lowest BCUT2D eigenvalue weighted by atomic mass is 10.1. The molecular weight excluding hydrogens is 362 g/mol. The van der Waals surface area contributed by atoms with Crippen molar-refractivity contribution in [1.82, 2.24) is 4.57 Å². The summed E-state index contributed by atoms with van der Waals surface area (Å²) in [6, 6.07) is 5.40. The second-order valence-corrected chi connectivity index (χ2v) is 5.49. The number of nitrogens with zero attached hydrogens (tertiary/aromatic N) is 5. The van der Waals surface area contributed by atoms with Crippen LogP contribution in [0.5, 0.6) is 5.88 Å². The number of benzene rings is 1. The second kappa shape index (κ2) is 7.58. The molecule has 0 aliphatic rings. The van der Waals surface area contributed by atoms with Gasteiger partial charge in [-0.1, -0.05) is 17.7 Å². The molecular formula is C16H12ClN5O4. The number of aromatic nitrogens is 1. The molecule has 132 valence electrons. The minimum atomic E-state index is -0.666. The molecule has 0 unspecified atom stereocenters. The van der Waals surface area contributed by atoms with Crippen LogP contribution in [0.25, 0.3) is 0 Å². The highest BCUT2D eigenvalue weighted by Crippen LogP contribution is 2.31. The minimum absolute atomic E-state index is 0.0219. The Morgan fingerprint density at radius 1 is 1.50 bits per heavy atom. The van der Waals surface area contributed by atoms with Crippen LogP contribution in [0.15, 0.2) is 45.9 Å². The molecule has 9 nitrogen and oxygen atoms in total. The Morgan fingerprint density at radius 2 is 2.19 bits per heavy atom. The van der Waals surface area contributed by atoms with Crippen LogP contribution in [0.3, 0.4) is 0 Å². The van der Waals surface area contributed by atoms with E-state index in [-0.39, 0.29) is 39.8 Å². The van der Waals surface area contributed by atoms with E-state index in [1.807, 2.05) is 6.07 Å². The zero-order chi connectivity index (χ0) is 19.4. The van der Waals surface area contributed by atoms with Crippen LogP contribution in [0, 0.1) is 28.4 Å². The summed E-state index contributed by atoms with van der Waals surface area (Å²) in [5.41, 5.74) is -0.892. The number of nitro benzene ring substituents is 1. The van der Waals surface area contributed by atoms with Gasteiger partial charge in [0.2, 0.25) is 5.88 Å². The van der Waals surface area contributed by atoms with Crippen LogP contribution in [-0.4, -0.2) is 14.6 Å². The van der Waals surface area contributed by atoms with Gasteiger partial charge in [0.05, 0.1) is 9.95 Å². The molecule has 0 aliphatic heterocycles. The molecule has 0 aliphatic carbocycles. The van der Waals surface area contributed by atoms with E-state index in [0.29, 0.717) is 0 Å². The van der Waals surface area contributed by atoms with Gasteiger partial charge in [-0.2, -0.15) is 5.26 Å². The van der Waals surface area contributed by atoms with E-state index in [1.54, 1.807) is 0 Å². The number of non-ortho nitro benzene ring substituents is 1. The molecule has 0 fully saturated rings. The summed E-state index contributed by atoms with van der Waals surface area (Å²) in [5.74, 6) is -0.484. The molecule has 0 saturated heterocycles. The average Bonchev–Trinajstić information content (AvgIpc) is 2.60. The molecule has 2 aromatic rings. The van der Waals surface area contributed by atoms with E-state index in [9.17, 15) is 25.3 Å². The average molecular weight is 374 g/mol. The number of hydrogen-bond donors (Lipinski definition) is 1. The molecule has 10 heteroatoms. The molecule has 26 heavy (non-hydrogen) atoms. The standard InChI is InChI=1S/C16H12ClN5O4/c1-3-6-21-15(23)11(8-18)9(2)14(16(21)24)20-19-13-5-4-10(22(25)26)7-12(13)17/h3-5,7,23H,1,6H2,2H3. The molecule has 0 saturated carbocycles. The fraction of sp³-hybridized carbons (Fsp3) is 0.125. The Morgan fingerprint density at radius 3 is 2.73 bits per heavy atom. The van der Waals surface area contributed by atoms with Gasteiger partial charge in [-0.25, -0.2) is 0 Å². The number of halogens is 1. The third-order valence-corrected chi connectivity index (χ3v) is 3.78. The zero-order valence-electron chi connectivity index (χ0n) is 13.5. The molecule has 1 aromatic carbocycles. The van der Waals surface area contributed by atoms with E-state index >= 15 is 0 Å². The topological polar surface area (TPSA) is 134 Å². The van der Waals surface area contributed by atoms with E-state index in [1.165, 1.54) is 25.1 Å². The van der Waals surface area contributed by atoms with Gasteiger partial charge in [-0.05, 0) is 13.0 Å². The monoisotopic (exact) mass is 373 g/mol. The number of nitriles is 1. The normalized spacial score (nSPS) is 10.7. The Hall–Kier alpha value is -3.51. The summed E-state index contributed by atoms with van der Waals surface area (Å²) < 4.78 is 0.935. The van der Waals surface area contributed by atoms with Crippen molar-refractivity contribution in [3.8, 4) is 11.9 Å². The molecule has 0 atom stereocenters. The van der Waals surface area contributed by atoms with E-state index in [4.69, 9.17) is 11.6 Å². The van der Waals surface area contributed by atoms with Crippen LogP contribution in [0.4, 0.5) is 17.1 Å². The van der Waals surface area contributed by atoms with Crippen LogP contribution >= 0.6 is 11.6 Å². The third kappa shape index (κ3) is 3.45. The summed E-state index contributed by atoms with van der Waals surface area (Å²) in [5, 5.41) is 37.7. The molecule has 2 rings (SSSR count). The number of allylic oxidation sites excluding steroid dienone is 1. The molecule has 1 aromatic heterocycles. The maximum absolute atomic E-state index is 12.5. The fourth-order valence-electron chi connectivity index (χ4n) is 2.15. The maximum Gasteiger partial charge on any atom is 0.281 e. The first kappa shape index (κ1) is 18.8. The number of hydrogen-bond acceptors (Lipinski definition) is 7. The van der Waals surface area contributed by atoms with Crippen LogP contribution in [0.1, 0.15) is 11.1 Å². The largest absolute Gasteiger partial charge is 0.493 e. The SMILES string of the molecule is C=CCn1c(O)c(C#N)c(C)c(N=Nc2ccc([N+](=O)[O-])cc2Cl)c1=O. The van der Waals surface area contributed by atoms with Gasteiger partial charge in [0, 0.05) is 24.2 Å². The first-order valence-corrected chi connectivity index (χ1v) is 7.52. The lowest BCUT2D eigenvalue weighted by Crippen LogP contribution is -2.21. The molecule has 0 bridgehead atoms. The van der Waals surface area contributed by atoms with Crippen LogP contribution in [0.2, 0.25) is 5.02 Å². The quantitative estimate of drug-likeness (QED) is 0.367. The Kier molecular flexibility index (Phi) is 5.49. The summed E-state index contributed by atoms with van der Waals surface area (Å²) in [7, 11) is 0. The fourth-order valence-corrected chi connectivity index (χ4v) is 2.36. The Labute approximate surface area is 152 Å². The Bertz CT molecular complexity index is 1040. The first-order chi connectivity index (χ1) is 12.3. The van der Waals surface area contributed by atoms with Crippen molar-refractivity contribution in [1.29, 1.82) is 5.26 Å². The summed E-state index contributed by atoms with van der Waals surface area (Å²) in [4.78, 5) is 22.6. The van der Waals surface area contributed by atoms with Gasteiger partial charge in [-0.3, -0.25) is 19.5 Å². The van der Waals surface area contributed by atoms with Gasteiger partial charge < -0.3 is 5.11 Å². The van der Waals surface area contributed by atoms with Crippen molar-refractivity contribution in [2.24, 2.45) is 10.2 Å². The number of nitro groups is 1. The van der Waals surface area contributed by atoms with Gasteiger partial charge in [-0.15, -0.1) is 16.8 Å². The predicted octanol–water partition coefficient (Wildman–Crippen LogP) is 3.90. The summed E-state index contributed by atoms with van der Waals surface area (Å²) >= 11 is 5.94. The number of azo groups is 1. The minimum Gasteiger partial charge on any atom is -0.493 e. The number of pyridine rings is 1. The van der Waals surface area contributed by atoms with Gasteiger partial charge in [0.15, 0.2) is 5.69 Å².